The Kier molecular flexibility index (Phi) is 5.89. The number of amides is 1. The van der Waals surface area contributed by atoms with Crippen molar-refractivity contribution in [2.75, 3.05) is 13.1 Å². The van der Waals surface area contributed by atoms with E-state index in [2.05, 4.69) is 15.4 Å². The van der Waals surface area contributed by atoms with E-state index in [1.54, 1.807) is 18.7 Å². The van der Waals surface area contributed by atoms with Crippen molar-refractivity contribution in [3.63, 3.8) is 0 Å². The van der Waals surface area contributed by atoms with Crippen LogP contribution in [-0.4, -0.2) is 54.8 Å². The lowest BCUT2D eigenvalue weighted by atomic mass is 10.0. The van der Waals surface area contributed by atoms with Crippen LogP contribution < -0.4 is 0 Å². The summed E-state index contributed by atoms with van der Waals surface area (Å²) in [7, 11) is 0. The minimum atomic E-state index is -0.960. The highest BCUT2D eigenvalue weighted by atomic mass is 16.3. The Morgan fingerprint density at radius 1 is 1.28 bits per heavy atom. The molecule has 136 valence electrons. The number of hydrogen-bond donors (Lipinski definition) is 1. The van der Waals surface area contributed by atoms with Gasteiger partial charge in [0.15, 0.2) is 6.04 Å². The first-order valence-electron chi connectivity index (χ1n) is 8.59. The summed E-state index contributed by atoms with van der Waals surface area (Å²) in [5.41, 5.74) is -0.106. The largest absolute Gasteiger partial charge is 0.389 e. The van der Waals surface area contributed by atoms with Gasteiger partial charge >= 0.3 is 0 Å². The van der Waals surface area contributed by atoms with E-state index in [9.17, 15) is 9.90 Å². The molecule has 2 aromatic rings. The summed E-state index contributed by atoms with van der Waals surface area (Å²) >= 11 is 0. The number of nitrogens with zero attached hydrogens (tertiary/aromatic N) is 5. The van der Waals surface area contributed by atoms with E-state index < -0.39 is 11.6 Å². The molecule has 1 aromatic heterocycles. The average Bonchev–Trinajstić information content (AvgIpc) is 3.01. The zero-order valence-electron chi connectivity index (χ0n) is 15.5. The molecule has 1 atom stereocenters. The molecular formula is C18H27N5O2. The number of benzene rings is 1. The van der Waals surface area contributed by atoms with Crippen LogP contribution in [0, 0.1) is 5.92 Å². The van der Waals surface area contributed by atoms with Crippen molar-refractivity contribution in [2.24, 2.45) is 5.92 Å². The van der Waals surface area contributed by atoms with E-state index in [0.717, 1.165) is 5.56 Å². The number of carbonyl (C=O) groups is 1. The van der Waals surface area contributed by atoms with Gasteiger partial charge in [0.05, 0.1) is 5.60 Å². The normalized spacial score (nSPS) is 13.1. The second kappa shape index (κ2) is 7.74. The number of hydrogen-bond acceptors (Lipinski definition) is 5. The van der Waals surface area contributed by atoms with Gasteiger partial charge in [0.2, 0.25) is 11.7 Å². The smallest absolute Gasteiger partial charge is 0.249 e. The van der Waals surface area contributed by atoms with Crippen LogP contribution in [0.3, 0.4) is 0 Å². The quantitative estimate of drug-likeness (QED) is 0.831. The van der Waals surface area contributed by atoms with Crippen LogP contribution in [0.25, 0.3) is 11.4 Å². The first-order valence-corrected chi connectivity index (χ1v) is 8.59. The van der Waals surface area contributed by atoms with Gasteiger partial charge in [-0.1, -0.05) is 44.2 Å². The zero-order chi connectivity index (χ0) is 18.6. The van der Waals surface area contributed by atoms with Gasteiger partial charge in [-0.25, -0.2) is 0 Å². The van der Waals surface area contributed by atoms with Crippen LogP contribution in [0.4, 0.5) is 0 Å². The molecule has 1 N–H and O–H groups in total. The fourth-order valence-corrected chi connectivity index (χ4v) is 2.70. The van der Waals surface area contributed by atoms with Crippen LogP contribution >= 0.6 is 0 Å². The Labute approximate surface area is 148 Å². The molecule has 7 nitrogen and oxygen atoms in total. The number of carbonyl (C=O) groups excluding carboxylic acids is 1. The highest BCUT2D eigenvalue weighted by molar-refractivity contribution is 5.80. The van der Waals surface area contributed by atoms with Crippen molar-refractivity contribution in [2.45, 2.75) is 46.3 Å². The van der Waals surface area contributed by atoms with E-state index in [1.165, 1.54) is 4.80 Å². The maximum atomic E-state index is 13.0. The molecule has 7 heteroatoms. The lowest BCUT2D eigenvalue weighted by molar-refractivity contribution is -0.139. The topological polar surface area (TPSA) is 84.1 Å². The molecule has 1 aromatic carbocycles. The van der Waals surface area contributed by atoms with Gasteiger partial charge in [0.25, 0.3) is 0 Å². The lowest BCUT2D eigenvalue weighted by Gasteiger charge is -2.31. The maximum absolute atomic E-state index is 13.0. The molecule has 0 aliphatic carbocycles. The van der Waals surface area contributed by atoms with E-state index in [4.69, 9.17) is 0 Å². The van der Waals surface area contributed by atoms with Gasteiger partial charge in [0.1, 0.15) is 0 Å². The summed E-state index contributed by atoms with van der Waals surface area (Å²) in [4.78, 5) is 16.1. The number of aromatic nitrogens is 4. The minimum absolute atomic E-state index is 0.0128. The van der Waals surface area contributed by atoms with Crippen molar-refractivity contribution in [3.05, 3.63) is 30.3 Å². The molecule has 0 aliphatic heterocycles. The molecule has 0 saturated carbocycles. The van der Waals surface area contributed by atoms with Crippen molar-refractivity contribution < 1.29 is 9.90 Å². The summed E-state index contributed by atoms with van der Waals surface area (Å²) in [6, 6.07) is 8.98. The van der Waals surface area contributed by atoms with E-state index >= 15 is 0 Å². The summed E-state index contributed by atoms with van der Waals surface area (Å²) in [5.74, 6) is 0.363. The van der Waals surface area contributed by atoms with E-state index in [1.807, 2.05) is 51.1 Å². The summed E-state index contributed by atoms with van der Waals surface area (Å²) in [6.07, 6.45) is 0. The molecule has 2 rings (SSSR count). The molecule has 1 amide bonds. The summed E-state index contributed by atoms with van der Waals surface area (Å²) < 4.78 is 0. The van der Waals surface area contributed by atoms with Crippen molar-refractivity contribution in [1.82, 2.24) is 25.1 Å². The Balaban J connectivity index is 2.29. The van der Waals surface area contributed by atoms with Crippen LogP contribution in [0.5, 0.6) is 0 Å². The second-order valence-electron chi connectivity index (χ2n) is 7.15. The first kappa shape index (κ1) is 19.1. The Morgan fingerprint density at radius 2 is 1.92 bits per heavy atom. The molecular weight excluding hydrogens is 318 g/mol. The predicted molar refractivity (Wildman–Crippen MR) is 95.7 cm³/mol. The van der Waals surface area contributed by atoms with Crippen LogP contribution in [0.2, 0.25) is 0 Å². The van der Waals surface area contributed by atoms with Crippen molar-refractivity contribution >= 4 is 5.91 Å². The fourth-order valence-electron chi connectivity index (χ4n) is 2.70. The van der Waals surface area contributed by atoms with Crippen molar-refractivity contribution in [3.8, 4) is 11.4 Å². The fraction of sp³-hybridized carbons (Fsp3) is 0.556. The standard InChI is InChI=1S/C18H27N5O2/c1-6-22(12-18(4,5)25)17(24)15(13(2)3)23-20-16(19-21-23)14-10-8-7-9-11-14/h7-11,13,15,25H,6,12H2,1-5H3. The monoisotopic (exact) mass is 345 g/mol. The van der Waals surface area contributed by atoms with Gasteiger partial charge in [-0.05, 0) is 31.9 Å². The van der Waals surface area contributed by atoms with Gasteiger partial charge in [-0.15, -0.1) is 10.2 Å². The molecule has 0 spiro atoms. The average molecular weight is 345 g/mol. The number of tetrazole rings is 1. The zero-order valence-corrected chi connectivity index (χ0v) is 15.5. The van der Waals surface area contributed by atoms with Crippen LogP contribution in [-0.2, 0) is 4.79 Å². The molecule has 1 unspecified atom stereocenters. The molecule has 1 heterocycles. The van der Waals surface area contributed by atoms with Crippen molar-refractivity contribution in [1.29, 1.82) is 0 Å². The SMILES string of the molecule is CCN(CC(C)(C)O)C(=O)C(C(C)C)n1nnc(-c2ccccc2)n1. The number of likely N-dealkylation sites (N-methyl/N-ethyl adjacent to an activating group) is 1. The Morgan fingerprint density at radius 3 is 2.44 bits per heavy atom. The van der Waals surface area contributed by atoms with Gasteiger partial charge in [0, 0.05) is 18.7 Å². The third-order valence-corrected chi connectivity index (χ3v) is 3.86. The van der Waals surface area contributed by atoms with Crippen LogP contribution in [0.1, 0.15) is 40.7 Å². The molecule has 0 aliphatic rings. The highest BCUT2D eigenvalue weighted by Gasteiger charge is 2.32. The third kappa shape index (κ3) is 4.85. The molecule has 0 radical (unpaired) electrons. The van der Waals surface area contributed by atoms with Gasteiger partial charge in [-0.2, -0.15) is 4.80 Å². The molecule has 0 bridgehead atoms. The Hall–Kier alpha value is -2.28. The predicted octanol–water partition coefficient (Wildman–Crippen LogP) is 2.16. The molecule has 0 saturated heterocycles. The first-order chi connectivity index (χ1) is 11.7. The van der Waals surface area contributed by atoms with E-state index in [0.29, 0.717) is 12.4 Å². The third-order valence-electron chi connectivity index (χ3n) is 3.86. The maximum Gasteiger partial charge on any atom is 0.249 e. The van der Waals surface area contributed by atoms with Gasteiger partial charge < -0.3 is 10.0 Å². The number of aliphatic hydroxyl groups is 1. The summed E-state index contributed by atoms with van der Waals surface area (Å²) in [6.45, 7) is 9.93. The lowest BCUT2D eigenvalue weighted by Crippen LogP contribution is -2.46. The highest BCUT2D eigenvalue weighted by Crippen LogP contribution is 2.22. The Bertz CT molecular complexity index is 691. The minimum Gasteiger partial charge on any atom is -0.389 e. The molecule has 25 heavy (non-hydrogen) atoms. The summed E-state index contributed by atoms with van der Waals surface area (Å²) in [5, 5.41) is 22.7. The van der Waals surface area contributed by atoms with Crippen LogP contribution in [0.15, 0.2) is 30.3 Å². The second-order valence-corrected chi connectivity index (χ2v) is 7.15. The molecule has 0 fully saturated rings. The number of rotatable bonds is 7. The van der Waals surface area contributed by atoms with Gasteiger partial charge in [-0.3, -0.25) is 4.79 Å². The van der Waals surface area contributed by atoms with E-state index in [-0.39, 0.29) is 18.4 Å².